The Hall–Kier alpha value is -2.83. The summed E-state index contributed by atoms with van der Waals surface area (Å²) in [6, 6.07) is 11.1. The molecule has 31 heavy (non-hydrogen) atoms. The Morgan fingerprint density at radius 3 is 2.35 bits per heavy atom. The van der Waals surface area contributed by atoms with Gasteiger partial charge in [-0.2, -0.15) is 0 Å². The summed E-state index contributed by atoms with van der Waals surface area (Å²) in [6.07, 6.45) is -4.78. The zero-order valence-electron chi connectivity index (χ0n) is 15.3. The highest BCUT2D eigenvalue weighted by molar-refractivity contribution is 8.01. The van der Waals surface area contributed by atoms with E-state index < -0.39 is 12.3 Å². The summed E-state index contributed by atoms with van der Waals surface area (Å²) < 4.78 is 40.7. The lowest BCUT2D eigenvalue weighted by Crippen LogP contribution is -2.17. The Balaban J connectivity index is 1.47. The molecule has 0 spiro atoms. The van der Waals surface area contributed by atoms with E-state index in [0.717, 1.165) is 35.2 Å². The molecule has 0 radical (unpaired) electrons. The molecular formula is C18H12ClF3N4O3S2. The number of aromatic nitrogens is 2. The molecule has 2 amide bonds. The Morgan fingerprint density at radius 2 is 1.71 bits per heavy atom. The molecule has 0 bridgehead atoms. The monoisotopic (exact) mass is 488 g/mol. The third kappa shape index (κ3) is 7.42. The molecule has 1 heterocycles. The number of anilines is 2. The van der Waals surface area contributed by atoms with Crippen molar-refractivity contribution in [1.82, 2.24) is 10.2 Å². The van der Waals surface area contributed by atoms with Crippen LogP contribution < -0.4 is 15.4 Å². The van der Waals surface area contributed by atoms with Gasteiger partial charge in [0.2, 0.25) is 11.0 Å². The number of nitrogens with one attached hydrogen (secondary N) is 2. The molecule has 0 aliphatic rings. The molecule has 0 aliphatic carbocycles. The van der Waals surface area contributed by atoms with E-state index in [0.29, 0.717) is 20.6 Å². The smallest absolute Gasteiger partial charge is 0.406 e. The number of ether oxygens (including phenoxy) is 1. The topological polar surface area (TPSA) is 93.2 Å². The maximum absolute atomic E-state index is 12.2. The van der Waals surface area contributed by atoms with Gasteiger partial charge >= 0.3 is 6.36 Å². The van der Waals surface area contributed by atoms with Crippen molar-refractivity contribution in [3.63, 3.8) is 0 Å². The van der Waals surface area contributed by atoms with Gasteiger partial charge in [0.05, 0.1) is 5.75 Å². The van der Waals surface area contributed by atoms with Crippen LogP contribution >= 0.6 is 34.7 Å². The summed E-state index contributed by atoms with van der Waals surface area (Å²) in [5.74, 6) is -1.17. The fourth-order valence-electron chi connectivity index (χ4n) is 2.15. The predicted octanol–water partition coefficient (Wildman–Crippen LogP) is 5.07. The zero-order chi connectivity index (χ0) is 22.4. The van der Waals surface area contributed by atoms with Crippen LogP contribution in [-0.4, -0.2) is 34.1 Å². The van der Waals surface area contributed by atoms with Crippen molar-refractivity contribution >= 4 is 57.3 Å². The second-order valence-corrected chi connectivity index (χ2v) is 8.38. The number of halogens is 4. The molecule has 0 saturated heterocycles. The van der Waals surface area contributed by atoms with Crippen molar-refractivity contribution < 1.29 is 27.5 Å². The van der Waals surface area contributed by atoms with E-state index in [9.17, 15) is 22.8 Å². The van der Waals surface area contributed by atoms with Crippen LogP contribution in [0.3, 0.4) is 0 Å². The number of hydrogen-bond acceptors (Lipinski definition) is 7. The molecule has 0 fully saturated rings. The number of benzene rings is 2. The largest absolute Gasteiger partial charge is 0.573 e. The number of nitrogens with zero attached hydrogens (tertiary/aromatic N) is 2. The van der Waals surface area contributed by atoms with Crippen molar-refractivity contribution in [3.05, 3.63) is 59.1 Å². The number of rotatable bonds is 7. The van der Waals surface area contributed by atoms with Crippen LogP contribution in [0.15, 0.2) is 52.9 Å². The molecule has 3 rings (SSSR count). The average Bonchev–Trinajstić information content (AvgIpc) is 3.14. The average molecular weight is 489 g/mol. The number of amides is 2. The lowest BCUT2D eigenvalue weighted by molar-refractivity contribution is -0.274. The first-order valence-corrected chi connectivity index (χ1v) is 10.5. The molecular weight excluding hydrogens is 477 g/mol. The van der Waals surface area contributed by atoms with Crippen molar-refractivity contribution in [2.45, 2.75) is 10.7 Å². The minimum Gasteiger partial charge on any atom is -0.406 e. The van der Waals surface area contributed by atoms with E-state index >= 15 is 0 Å². The Bertz CT molecular complexity index is 1060. The van der Waals surface area contributed by atoms with E-state index in [-0.39, 0.29) is 22.5 Å². The van der Waals surface area contributed by atoms with Gasteiger partial charge in [-0.1, -0.05) is 34.7 Å². The van der Waals surface area contributed by atoms with Crippen LogP contribution in [0, 0.1) is 0 Å². The van der Waals surface area contributed by atoms with Crippen LogP contribution in [0.2, 0.25) is 5.02 Å². The first-order valence-electron chi connectivity index (χ1n) is 8.37. The minimum absolute atomic E-state index is 0.0133. The Morgan fingerprint density at radius 1 is 1.03 bits per heavy atom. The van der Waals surface area contributed by atoms with Crippen molar-refractivity contribution in [3.8, 4) is 5.75 Å². The molecule has 0 aliphatic heterocycles. The van der Waals surface area contributed by atoms with E-state index in [1.807, 2.05) is 0 Å². The highest BCUT2D eigenvalue weighted by atomic mass is 35.5. The van der Waals surface area contributed by atoms with Gasteiger partial charge in [-0.15, -0.1) is 23.4 Å². The van der Waals surface area contributed by atoms with E-state index in [1.54, 1.807) is 24.3 Å². The van der Waals surface area contributed by atoms with Gasteiger partial charge < -0.3 is 10.1 Å². The maximum atomic E-state index is 12.2. The highest BCUT2D eigenvalue weighted by Gasteiger charge is 2.30. The van der Waals surface area contributed by atoms with Crippen LogP contribution in [0.5, 0.6) is 5.75 Å². The van der Waals surface area contributed by atoms with Gasteiger partial charge in [-0.25, -0.2) is 0 Å². The second-order valence-electron chi connectivity index (χ2n) is 5.74. The molecule has 162 valence electrons. The molecule has 3 aromatic rings. The third-order valence-corrected chi connectivity index (χ3v) is 5.66. The summed E-state index contributed by atoms with van der Waals surface area (Å²) in [5, 5.41) is 13.7. The second kappa shape index (κ2) is 9.98. The number of hydrogen-bond donors (Lipinski definition) is 2. The molecule has 7 nitrogen and oxygen atoms in total. The Labute approximate surface area is 187 Å². The quantitative estimate of drug-likeness (QED) is 0.356. The summed E-state index contributed by atoms with van der Waals surface area (Å²) in [6.45, 7) is 0. The molecule has 1 aromatic heterocycles. The number of alkyl halides is 3. The van der Waals surface area contributed by atoms with Crippen LogP contribution in [0.1, 0.15) is 10.4 Å². The summed E-state index contributed by atoms with van der Waals surface area (Å²) in [4.78, 5) is 24.2. The molecule has 2 N–H and O–H groups in total. The van der Waals surface area contributed by atoms with Crippen molar-refractivity contribution in [2.75, 3.05) is 16.4 Å². The third-order valence-electron chi connectivity index (χ3n) is 3.43. The fraction of sp³-hybridized carbons (Fsp3) is 0.111. The normalized spacial score (nSPS) is 11.1. The van der Waals surface area contributed by atoms with Crippen LogP contribution in [0.25, 0.3) is 0 Å². The number of carbonyl (C=O) groups excluding carboxylic acids is 2. The predicted molar refractivity (Wildman–Crippen MR) is 112 cm³/mol. The zero-order valence-corrected chi connectivity index (χ0v) is 17.7. The lowest BCUT2D eigenvalue weighted by atomic mass is 10.2. The molecule has 2 aromatic carbocycles. The van der Waals surface area contributed by atoms with Crippen molar-refractivity contribution in [2.24, 2.45) is 0 Å². The first-order chi connectivity index (χ1) is 14.7. The van der Waals surface area contributed by atoms with Gasteiger partial charge in [0, 0.05) is 16.3 Å². The summed E-state index contributed by atoms with van der Waals surface area (Å²) >= 11 is 7.98. The SMILES string of the molecule is O=C(CSc1nnc(NC(=O)c2ccc(Cl)cc2)s1)Nc1ccc(OC(F)(F)F)cc1. The maximum Gasteiger partial charge on any atom is 0.573 e. The molecule has 0 atom stereocenters. The first kappa shape index (κ1) is 22.8. The van der Waals surface area contributed by atoms with Gasteiger partial charge in [0.25, 0.3) is 5.91 Å². The van der Waals surface area contributed by atoms with E-state index in [1.165, 1.54) is 12.1 Å². The highest BCUT2D eigenvalue weighted by Crippen LogP contribution is 2.27. The van der Waals surface area contributed by atoms with Crippen molar-refractivity contribution in [1.29, 1.82) is 0 Å². The van der Waals surface area contributed by atoms with Crippen LogP contribution in [0.4, 0.5) is 24.0 Å². The fourth-order valence-corrected chi connectivity index (χ4v) is 3.83. The number of thioether (sulfide) groups is 1. The van der Waals surface area contributed by atoms with Gasteiger partial charge in [-0.05, 0) is 48.5 Å². The van der Waals surface area contributed by atoms with Gasteiger partial charge in [0.15, 0.2) is 4.34 Å². The standard InChI is InChI=1S/C18H12ClF3N4O3S2/c19-11-3-1-10(2-4-11)15(28)24-16-25-26-17(31-16)30-9-14(27)23-12-5-7-13(8-6-12)29-18(20,21)22/h1-8H,9H2,(H,23,27)(H,24,25,28). The van der Waals surface area contributed by atoms with Gasteiger partial charge in [0.1, 0.15) is 5.75 Å². The van der Waals surface area contributed by atoms with E-state index in [2.05, 4.69) is 25.6 Å². The summed E-state index contributed by atoms with van der Waals surface area (Å²) in [5.41, 5.74) is 0.716. The van der Waals surface area contributed by atoms with Gasteiger partial charge in [-0.3, -0.25) is 14.9 Å². The number of carbonyl (C=O) groups is 2. The Kier molecular flexibility index (Phi) is 7.36. The molecule has 0 unspecified atom stereocenters. The summed E-state index contributed by atoms with van der Waals surface area (Å²) in [7, 11) is 0. The van der Waals surface area contributed by atoms with Crippen LogP contribution in [-0.2, 0) is 4.79 Å². The lowest BCUT2D eigenvalue weighted by Gasteiger charge is -2.09. The molecule has 0 saturated carbocycles. The van der Waals surface area contributed by atoms with E-state index in [4.69, 9.17) is 11.6 Å². The molecule has 13 heteroatoms. The minimum atomic E-state index is -4.78.